The predicted molar refractivity (Wildman–Crippen MR) is 73.5 cm³/mol. The van der Waals surface area contributed by atoms with Crippen LogP contribution in [0.25, 0.3) is 10.9 Å². The maximum absolute atomic E-state index is 12.0. The van der Waals surface area contributed by atoms with Gasteiger partial charge in [-0.05, 0) is 13.0 Å². The summed E-state index contributed by atoms with van der Waals surface area (Å²) in [7, 11) is 1.29. The van der Waals surface area contributed by atoms with Gasteiger partial charge in [0, 0.05) is 23.0 Å². The molecule has 0 unspecified atom stereocenters. The number of aromatic amines is 1. The second-order valence-electron chi connectivity index (χ2n) is 4.09. The van der Waals surface area contributed by atoms with Gasteiger partial charge in [-0.15, -0.1) is 0 Å². The Morgan fingerprint density at radius 2 is 2.05 bits per heavy atom. The standard InChI is InChI=1S/C14H16N2O4/c1-3-20-13(17)12-10(8-15-14(18)19-2)9-6-4-5-7-11(9)16-12/h4-7,16H,3,8H2,1-2H3,(H,15,18). The average Bonchev–Trinajstić information content (AvgIpc) is 2.83. The van der Waals surface area contributed by atoms with Gasteiger partial charge in [0.05, 0.1) is 13.7 Å². The predicted octanol–water partition coefficient (Wildman–Crippen LogP) is 2.20. The van der Waals surface area contributed by atoms with Crippen molar-refractivity contribution < 1.29 is 19.1 Å². The molecule has 0 radical (unpaired) electrons. The third kappa shape index (κ3) is 2.74. The van der Waals surface area contributed by atoms with Crippen LogP contribution in [0.5, 0.6) is 0 Å². The number of fused-ring (bicyclic) bond motifs is 1. The minimum atomic E-state index is -0.551. The van der Waals surface area contributed by atoms with Crippen LogP contribution in [0.1, 0.15) is 23.0 Å². The lowest BCUT2D eigenvalue weighted by molar-refractivity contribution is 0.0519. The molecule has 0 aliphatic carbocycles. The van der Waals surface area contributed by atoms with Gasteiger partial charge in [-0.25, -0.2) is 9.59 Å². The molecule has 2 rings (SSSR count). The average molecular weight is 276 g/mol. The summed E-state index contributed by atoms with van der Waals surface area (Å²) in [6.45, 7) is 2.22. The van der Waals surface area contributed by atoms with Crippen LogP contribution < -0.4 is 5.32 Å². The van der Waals surface area contributed by atoms with Crippen molar-refractivity contribution in [3.8, 4) is 0 Å². The first kappa shape index (κ1) is 13.9. The highest BCUT2D eigenvalue weighted by molar-refractivity contribution is 5.98. The molecule has 1 amide bonds. The lowest BCUT2D eigenvalue weighted by atomic mass is 10.1. The number of H-pyrrole nitrogens is 1. The van der Waals surface area contributed by atoms with Crippen molar-refractivity contribution in [2.75, 3.05) is 13.7 Å². The Hall–Kier alpha value is -2.50. The van der Waals surface area contributed by atoms with Gasteiger partial charge >= 0.3 is 12.1 Å². The summed E-state index contributed by atoms with van der Waals surface area (Å²) in [5, 5.41) is 3.44. The molecule has 2 aromatic rings. The number of carbonyl (C=O) groups is 2. The highest BCUT2D eigenvalue weighted by Gasteiger charge is 2.19. The molecule has 20 heavy (non-hydrogen) atoms. The monoisotopic (exact) mass is 276 g/mol. The van der Waals surface area contributed by atoms with Gasteiger partial charge in [0.1, 0.15) is 5.69 Å². The molecule has 0 saturated carbocycles. The van der Waals surface area contributed by atoms with E-state index in [1.807, 2.05) is 24.3 Å². The Kier molecular flexibility index (Phi) is 4.24. The molecule has 6 heteroatoms. The van der Waals surface area contributed by atoms with Gasteiger partial charge in [0.2, 0.25) is 0 Å². The van der Waals surface area contributed by atoms with Crippen LogP contribution >= 0.6 is 0 Å². The van der Waals surface area contributed by atoms with E-state index in [-0.39, 0.29) is 13.2 Å². The van der Waals surface area contributed by atoms with Gasteiger partial charge in [0.25, 0.3) is 0 Å². The van der Waals surface area contributed by atoms with Gasteiger partial charge < -0.3 is 19.8 Å². The van der Waals surface area contributed by atoms with E-state index in [9.17, 15) is 9.59 Å². The molecular formula is C14H16N2O4. The molecule has 0 atom stereocenters. The molecule has 1 aromatic carbocycles. The van der Waals surface area contributed by atoms with Gasteiger partial charge in [-0.2, -0.15) is 0 Å². The lowest BCUT2D eigenvalue weighted by Gasteiger charge is -2.06. The topological polar surface area (TPSA) is 80.4 Å². The summed E-state index contributed by atoms with van der Waals surface area (Å²) in [5.74, 6) is -0.439. The van der Waals surface area contributed by atoms with Crippen molar-refractivity contribution in [2.45, 2.75) is 13.5 Å². The number of aromatic nitrogens is 1. The lowest BCUT2D eigenvalue weighted by Crippen LogP contribution is -2.23. The number of amides is 1. The quantitative estimate of drug-likeness (QED) is 0.839. The zero-order chi connectivity index (χ0) is 14.5. The number of benzene rings is 1. The molecule has 0 fully saturated rings. The third-order valence-electron chi connectivity index (χ3n) is 2.89. The van der Waals surface area contributed by atoms with Crippen LogP contribution in [-0.4, -0.2) is 30.8 Å². The second kappa shape index (κ2) is 6.10. The zero-order valence-electron chi connectivity index (χ0n) is 11.4. The van der Waals surface area contributed by atoms with Crippen LogP contribution in [-0.2, 0) is 16.0 Å². The smallest absolute Gasteiger partial charge is 0.407 e. The molecule has 0 aliphatic rings. The Labute approximate surface area is 116 Å². The van der Waals surface area contributed by atoms with Crippen molar-refractivity contribution >= 4 is 23.0 Å². The first-order chi connectivity index (χ1) is 9.67. The summed E-state index contributed by atoms with van der Waals surface area (Å²) >= 11 is 0. The third-order valence-corrected chi connectivity index (χ3v) is 2.89. The maximum Gasteiger partial charge on any atom is 0.407 e. The van der Waals surface area contributed by atoms with Crippen molar-refractivity contribution in [3.63, 3.8) is 0 Å². The summed E-state index contributed by atoms with van der Waals surface area (Å²) in [6, 6.07) is 7.47. The maximum atomic E-state index is 12.0. The Morgan fingerprint density at radius 3 is 2.75 bits per heavy atom. The molecular weight excluding hydrogens is 260 g/mol. The SMILES string of the molecule is CCOC(=O)c1[nH]c2ccccc2c1CNC(=O)OC. The number of hydrogen-bond donors (Lipinski definition) is 2. The fourth-order valence-electron chi connectivity index (χ4n) is 1.99. The van der Waals surface area contributed by atoms with E-state index in [2.05, 4.69) is 15.0 Å². The molecule has 0 bridgehead atoms. The molecule has 2 N–H and O–H groups in total. The van der Waals surface area contributed by atoms with Gasteiger partial charge in [-0.1, -0.05) is 18.2 Å². The zero-order valence-corrected chi connectivity index (χ0v) is 11.4. The van der Waals surface area contributed by atoms with Crippen molar-refractivity contribution in [3.05, 3.63) is 35.5 Å². The first-order valence-electron chi connectivity index (χ1n) is 6.25. The highest BCUT2D eigenvalue weighted by atomic mass is 16.5. The van der Waals surface area contributed by atoms with Gasteiger partial charge in [-0.3, -0.25) is 0 Å². The largest absolute Gasteiger partial charge is 0.461 e. The molecule has 106 valence electrons. The highest BCUT2D eigenvalue weighted by Crippen LogP contribution is 2.23. The summed E-state index contributed by atoms with van der Waals surface area (Å²) in [6.07, 6.45) is -0.551. The van der Waals surface area contributed by atoms with E-state index < -0.39 is 12.1 Å². The van der Waals surface area contributed by atoms with Crippen LogP contribution in [0.2, 0.25) is 0 Å². The fraction of sp³-hybridized carbons (Fsp3) is 0.286. The van der Waals surface area contributed by atoms with E-state index >= 15 is 0 Å². The van der Waals surface area contributed by atoms with Crippen LogP contribution in [0.15, 0.2) is 24.3 Å². The number of ether oxygens (including phenoxy) is 2. The number of hydrogen-bond acceptors (Lipinski definition) is 4. The second-order valence-corrected chi connectivity index (χ2v) is 4.09. The minimum Gasteiger partial charge on any atom is -0.461 e. The fourth-order valence-corrected chi connectivity index (χ4v) is 1.99. The number of para-hydroxylation sites is 1. The number of esters is 1. The normalized spacial score (nSPS) is 10.3. The molecule has 0 spiro atoms. The van der Waals surface area contributed by atoms with E-state index in [4.69, 9.17) is 4.74 Å². The van der Waals surface area contributed by atoms with Crippen LogP contribution in [0, 0.1) is 0 Å². The summed E-state index contributed by atoms with van der Waals surface area (Å²) in [4.78, 5) is 26.2. The van der Waals surface area contributed by atoms with Crippen LogP contribution in [0.3, 0.4) is 0 Å². The van der Waals surface area contributed by atoms with Crippen molar-refractivity contribution in [1.29, 1.82) is 0 Å². The number of methoxy groups -OCH3 is 1. The summed E-state index contributed by atoms with van der Waals surface area (Å²) in [5.41, 5.74) is 1.85. The number of rotatable bonds is 4. The Morgan fingerprint density at radius 1 is 1.30 bits per heavy atom. The molecule has 0 saturated heterocycles. The number of nitrogens with one attached hydrogen (secondary N) is 2. The van der Waals surface area contributed by atoms with Crippen LogP contribution in [0.4, 0.5) is 4.79 Å². The van der Waals surface area contributed by atoms with E-state index in [0.29, 0.717) is 11.3 Å². The molecule has 1 aromatic heterocycles. The van der Waals surface area contributed by atoms with E-state index in [1.54, 1.807) is 6.92 Å². The van der Waals surface area contributed by atoms with E-state index in [1.165, 1.54) is 7.11 Å². The molecule has 1 heterocycles. The minimum absolute atomic E-state index is 0.185. The van der Waals surface area contributed by atoms with Crippen molar-refractivity contribution in [2.24, 2.45) is 0 Å². The molecule has 0 aliphatic heterocycles. The number of carbonyl (C=O) groups excluding carboxylic acids is 2. The Bertz CT molecular complexity index is 633. The Balaban J connectivity index is 2.39. The van der Waals surface area contributed by atoms with E-state index in [0.717, 1.165) is 10.9 Å². The van der Waals surface area contributed by atoms with Gasteiger partial charge in [0.15, 0.2) is 0 Å². The first-order valence-corrected chi connectivity index (χ1v) is 6.25. The molecule has 6 nitrogen and oxygen atoms in total. The number of alkyl carbamates (subject to hydrolysis) is 1. The summed E-state index contributed by atoms with van der Waals surface area (Å²) < 4.78 is 9.55. The van der Waals surface area contributed by atoms with Crippen molar-refractivity contribution in [1.82, 2.24) is 10.3 Å².